The standard InChI is InChI=1S/C17H14Cl2N2O3S2/c1-3-21-11-6-5-9(16(23)24-4-2)7-12(11)25-17(21)20-15(22)10-8-13(18)26-14(10)19/h5-8H,3-4H2,1-2H3. The fourth-order valence-corrected chi connectivity index (χ4v) is 5.02. The molecule has 0 saturated carbocycles. The van der Waals surface area contributed by atoms with Crippen LogP contribution in [0.5, 0.6) is 0 Å². The largest absolute Gasteiger partial charge is 0.462 e. The predicted octanol–water partition coefficient (Wildman–Crippen LogP) is 5.01. The zero-order valence-corrected chi connectivity index (χ0v) is 17.1. The third-order valence-corrected chi connectivity index (χ3v) is 6.12. The molecule has 136 valence electrons. The van der Waals surface area contributed by atoms with Crippen molar-refractivity contribution in [3.05, 3.63) is 48.9 Å². The smallest absolute Gasteiger partial charge is 0.338 e. The van der Waals surface area contributed by atoms with Crippen molar-refractivity contribution < 1.29 is 14.3 Å². The molecular weight excluding hydrogens is 415 g/mol. The number of rotatable bonds is 4. The third kappa shape index (κ3) is 3.71. The second-order valence-electron chi connectivity index (χ2n) is 5.19. The number of carbonyl (C=O) groups is 2. The van der Waals surface area contributed by atoms with Crippen LogP contribution >= 0.6 is 45.9 Å². The summed E-state index contributed by atoms with van der Waals surface area (Å²) in [6, 6.07) is 6.81. The summed E-state index contributed by atoms with van der Waals surface area (Å²) in [4.78, 5) is 29.1. The number of thiophene rings is 1. The normalized spacial score (nSPS) is 11.9. The summed E-state index contributed by atoms with van der Waals surface area (Å²) >= 11 is 14.4. The SMILES string of the molecule is CCOC(=O)c1ccc2c(c1)sc(=NC(=O)c1cc(Cl)sc1Cl)n2CC. The van der Waals surface area contributed by atoms with E-state index in [-0.39, 0.29) is 11.5 Å². The van der Waals surface area contributed by atoms with E-state index in [2.05, 4.69) is 4.99 Å². The maximum Gasteiger partial charge on any atom is 0.338 e. The van der Waals surface area contributed by atoms with E-state index in [4.69, 9.17) is 27.9 Å². The van der Waals surface area contributed by atoms with Gasteiger partial charge in [-0.05, 0) is 38.1 Å². The van der Waals surface area contributed by atoms with E-state index in [9.17, 15) is 9.59 Å². The minimum absolute atomic E-state index is 0.286. The minimum Gasteiger partial charge on any atom is -0.462 e. The molecule has 3 rings (SSSR count). The maximum atomic E-state index is 12.5. The van der Waals surface area contributed by atoms with Gasteiger partial charge in [0.15, 0.2) is 4.80 Å². The lowest BCUT2D eigenvalue weighted by Gasteiger charge is -2.03. The van der Waals surface area contributed by atoms with Gasteiger partial charge in [-0.2, -0.15) is 4.99 Å². The van der Waals surface area contributed by atoms with Gasteiger partial charge in [0, 0.05) is 6.54 Å². The number of halogens is 2. The molecule has 26 heavy (non-hydrogen) atoms. The van der Waals surface area contributed by atoms with Gasteiger partial charge < -0.3 is 9.30 Å². The molecule has 2 heterocycles. The summed E-state index contributed by atoms with van der Waals surface area (Å²) in [7, 11) is 0. The molecule has 0 aliphatic carbocycles. The van der Waals surface area contributed by atoms with Crippen molar-refractivity contribution in [1.82, 2.24) is 4.57 Å². The first kappa shape index (κ1) is 19.1. The Bertz CT molecular complexity index is 1070. The van der Waals surface area contributed by atoms with Gasteiger partial charge in [-0.15, -0.1) is 11.3 Å². The molecule has 0 saturated heterocycles. The molecule has 0 bridgehead atoms. The molecule has 1 aromatic carbocycles. The van der Waals surface area contributed by atoms with E-state index < -0.39 is 5.91 Å². The summed E-state index contributed by atoms with van der Waals surface area (Å²) in [5, 5.41) is 0. The Morgan fingerprint density at radius 2 is 1.96 bits per heavy atom. The van der Waals surface area contributed by atoms with Crippen molar-refractivity contribution in [3.63, 3.8) is 0 Å². The van der Waals surface area contributed by atoms with Crippen LogP contribution in [0, 0.1) is 0 Å². The number of fused-ring (bicyclic) bond motifs is 1. The predicted molar refractivity (Wildman–Crippen MR) is 106 cm³/mol. The highest BCUT2D eigenvalue weighted by Crippen LogP contribution is 2.31. The number of nitrogens with zero attached hydrogens (tertiary/aromatic N) is 2. The summed E-state index contributed by atoms with van der Waals surface area (Å²) in [5.41, 5.74) is 1.65. The van der Waals surface area contributed by atoms with Crippen LogP contribution in [0.4, 0.5) is 0 Å². The number of ether oxygens (including phenoxy) is 1. The van der Waals surface area contributed by atoms with Crippen LogP contribution in [-0.2, 0) is 11.3 Å². The topological polar surface area (TPSA) is 60.7 Å². The highest BCUT2D eigenvalue weighted by atomic mass is 35.5. The Kier molecular flexibility index (Phi) is 5.82. The van der Waals surface area contributed by atoms with Crippen molar-refractivity contribution in [1.29, 1.82) is 0 Å². The summed E-state index contributed by atoms with van der Waals surface area (Å²) in [6.45, 7) is 4.67. The minimum atomic E-state index is -0.447. The number of aryl methyl sites for hydroxylation is 1. The van der Waals surface area contributed by atoms with Crippen molar-refractivity contribution >= 4 is 68.0 Å². The second kappa shape index (κ2) is 7.92. The molecule has 0 atom stereocenters. The highest BCUT2D eigenvalue weighted by Gasteiger charge is 2.15. The Labute approximate surface area is 167 Å². The average molecular weight is 429 g/mol. The van der Waals surface area contributed by atoms with Gasteiger partial charge in [0.05, 0.1) is 32.3 Å². The van der Waals surface area contributed by atoms with E-state index in [0.29, 0.717) is 32.2 Å². The molecule has 0 unspecified atom stereocenters. The highest BCUT2D eigenvalue weighted by molar-refractivity contribution is 7.20. The number of amides is 1. The number of carbonyl (C=O) groups excluding carboxylic acids is 2. The Hall–Kier alpha value is -1.67. The van der Waals surface area contributed by atoms with Crippen molar-refractivity contribution in [3.8, 4) is 0 Å². The molecule has 0 aliphatic heterocycles. The molecule has 0 N–H and O–H groups in total. The fourth-order valence-electron chi connectivity index (χ4n) is 2.44. The van der Waals surface area contributed by atoms with Crippen LogP contribution in [0.25, 0.3) is 10.2 Å². The summed E-state index contributed by atoms with van der Waals surface area (Å²) in [5.74, 6) is -0.822. The summed E-state index contributed by atoms with van der Waals surface area (Å²) < 4.78 is 8.55. The van der Waals surface area contributed by atoms with E-state index in [0.717, 1.165) is 21.6 Å². The number of thiazole rings is 1. The lowest BCUT2D eigenvalue weighted by molar-refractivity contribution is 0.0526. The van der Waals surface area contributed by atoms with Crippen LogP contribution in [0.3, 0.4) is 0 Å². The van der Waals surface area contributed by atoms with E-state index in [1.807, 2.05) is 17.6 Å². The van der Waals surface area contributed by atoms with E-state index >= 15 is 0 Å². The molecule has 5 nitrogen and oxygen atoms in total. The van der Waals surface area contributed by atoms with Crippen LogP contribution in [0.2, 0.25) is 8.67 Å². The lowest BCUT2D eigenvalue weighted by atomic mass is 10.2. The van der Waals surface area contributed by atoms with Gasteiger partial charge in [0.25, 0.3) is 5.91 Å². The molecular formula is C17H14Cl2N2O3S2. The zero-order chi connectivity index (χ0) is 18.8. The van der Waals surface area contributed by atoms with Crippen molar-refractivity contribution in [2.75, 3.05) is 6.61 Å². The van der Waals surface area contributed by atoms with Gasteiger partial charge in [0.2, 0.25) is 0 Å². The maximum absolute atomic E-state index is 12.5. The number of esters is 1. The quantitative estimate of drug-likeness (QED) is 0.548. The Balaban J connectivity index is 2.09. The first-order chi connectivity index (χ1) is 12.4. The number of hydrogen-bond acceptors (Lipinski definition) is 5. The molecule has 0 fully saturated rings. The van der Waals surface area contributed by atoms with Gasteiger partial charge in [0.1, 0.15) is 4.34 Å². The molecule has 9 heteroatoms. The second-order valence-corrected chi connectivity index (χ2v) is 8.48. The number of aromatic nitrogens is 1. The van der Waals surface area contributed by atoms with Crippen molar-refractivity contribution in [2.45, 2.75) is 20.4 Å². The van der Waals surface area contributed by atoms with Crippen LogP contribution in [-0.4, -0.2) is 23.1 Å². The van der Waals surface area contributed by atoms with Gasteiger partial charge >= 0.3 is 5.97 Å². The van der Waals surface area contributed by atoms with Crippen LogP contribution in [0.1, 0.15) is 34.6 Å². The molecule has 2 aromatic heterocycles. The molecule has 0 radical (unpaired) electrons. The number of hydrogen-bond donors (Lipinski definition) is 0. The molecule has 1 amide bonds. The molecule has 0 aliphatic rings. The molecule has 0 spiro atoms. The average Bonchev–Trinajstić information content (AvgIpc) is 3.12. The lowest BCUT2D eigenvalue weighted by Crippen LogP contribution is -2.15. The van der Waals surface area contributed by atoms with Crippen LogP contribution in [0.15, 0.2) is 29.3 Å². The monoisotopic (exact) mass is 428 g/mol. The fraction of sp³-hybridized carbons (Fsp3) is 0.235. The van der Waals surface area contributed by atoms with E-state index in [1.165, 1.54) is 17.4 Å². The van der Waals surface area contributed by atoms with Gasteiger partial charge in [-0.25, -0.2) is 4.79 Å². The summed E-state index contributed by atoms with van der Waals surface area (Å²) in [6.07, 6.45) is 0. The van der Waals surface area contributed by atoms with Gasteiger partial charge in [-0.1, -0.05) is 34.5 Å². The Morgan fingerprint density at radius 1 is 1.19 bits per heavy atom. The number of benzene rings is 1. The third-order valence-electron chi connectivity index (χ3n) is 3.59. The Morgan fingerprint density at radius 3 is 2.58 bits per heavy atom. The van der Waals surface area contributed by atoms with Gasteiger partial charge in [-0.3, -0.25) is 4.79 Å². The first-order valence-electron chi connectivity index (χ1n) is 7.79. The first-order valence-corrected chi connectivity index (χ1v) is 10.2. The van der Waals surface area contributed by atoms with E-state index in [1.54, 1.807) is 19.1 Å². The van der Waals surface area contributed by atoms with Crippen LogP contribution < -0.4 is 4.80 Å². The molecule has 3 aromatic rings. The van der Waals surface area contributed by atoms with Crippen molar-refractivity contribution in [2.24, 2.45) is 4.99 Å². The zero-order valence-electron chi connectivity index (χ0n) is 13.9.